The van der Waals surface area contributed by atoms with Crippen molar-refractivity contribution < 1.29 is 23.5 Å². The Labute approximate surface area is 140 Å². The first kappa shape index (κ1) is 16.9. The molecule has 130 valence electrons. The molecule has 1 aromatic carbocycles. The molecule has 4 atom stereocenters. The average Bonchev–Trinajstić information content (AvgIpc) is 3.15. The number of fused-ring (bicyclic) bond motifs is 2. The van der Waals surface area contributed by atoms with Crippen LogP contribution in [0.15, 0.2) is 18.2 Å². The number of methoxy groups -OCH3 is 1. The third kappa shape index (κ3) is 3.29. The van der Waals surface area contributed by atoms with Crippen LogP contribution in [0.4, 0.5) is 4.39 Å². The highest BCUT2D eigenvalue weighted by Crippen LogP contribution is 2.45. The van der Waals surface area contributed by atoms with E-state index in [1.54, 1.807) is 6.07 Å². The van der Waals surface area contributed by atoms with Gasteiger partial charge in [0.15, 0.2) is 0 Å². The maximum atomic E-state index is 13.7. The highest BCUT2D eigenvalue weighted by atomic mass is 19.1. The molecule has 2 N–H and O–H groups in total. The van der Waals surface area contributed by atoms with Crippen LogP contribution < -0.4 is 5.73 Å². The number of carbonyl (C=O) groups is 2. The first-order valence-electron chi connectivity index (χ1n) is 8.28. The van der Waals surface area contributed by atoms with Gasteiger partial charge < -0.3 is 15.2 Å². The van der Waals surface area contributed by atoms with Gasteiger partial charge >= 0.3 is 5.97 Å². The zero-order chi connectivity index (χ0) is 17.3. The topological polar surface area (TPSA) is 78.6 Å². The average molecular weight is 335 g/mol. The Hall–Kier alpha value is -1.95. The van der Waals surface area contributed by atoms with E-state index in [1.165, 1.54) is 19.2 Å². The Kier molecular flexibility index (Phi) is 4.85. The number of benzene rings is 1. The summed E-state index contributed by atoms with van der Waals surface area (Å²) in [4.78, 5) is 23.2. The van der Waals surface area contributed by atoms with E-state index >= 15 is 0 Å². The summed E-state index contributed by atoms with van der Waals surface area (Å²) in [6.07, 6.45) is 2.91. The lowest BCUT2D eigenvalue weighted by Gasteiger charge is -2.26. The Morgan fingerprint density at radius 3 is 2.75 bits per heavy atom. The number of halogens is 1. The SMILES string of the molecule is COC(=O)CCc1ccc(F)cc1CC1C2CCC(O2)C1C(N)=O. The summed E-state index contributed by atoms with van der Waals surface area (Å²) in [7, 11) is 1.35. The Balaban J connectivity index is 1.79. The van der Waals surface area contributed by atoms with Crippen molar-refractivity contribution in [2.75, 3.05) is 7.11 Å². The van der Waals surface area contributed by atoms with E-state index in [0.717, 1.165) is 24.0 Å². The van der Waals surface area contributed by atoms with Gasteiger partial charge in [-0.25, -0.2) is 4.39 Å². The van der Waals surface area contributed by atoms with Crippen molar-refractivity contribution in [1.29, 1.82) is 0 Å². The summed E-state index contributed by atoms with van der Waals surface area (Å²) in [5.41, 5.74) is 7.27. The molecular weight excluding hydrogens is 313 g/mol. The zero-order valence-corrected chi connectivity index (χ0v) is 13.7. The van der Waals surface area contributed by atoms with Crippen molar-refractivity contribution >= 4 is 11.9 Å². The Bertz CT molecular complexity index is 648. The molecule has 2 fully saturated rings. The Morgan fingerprint density at radius 1 is 1.29 bits per heavy atom. The minimum absolute atomic E-state index is 0.00391. The summed E-state index contributed by atoms with van der Waals surface area (Å²) < 4.78 is 24.2. The normalized spacial score (nSPS) is 28.1. The fraction of sp³-hybridized carbons (Fsp3) is 0.556. The number of hydrogen-bond donors (Lipinski definition) is 1. The standard InChI is InChI=1S/C18H22FNO4/c1-23-16(21)7-3-10-2-4-12(19)8-11(10)9-13-14-5-6-15(24-14)17(13)18(20)22/h2,4,8,13-15,17H,3,5-7,9H2,1H3,(H2,20,22). The number of carbonyl (C=O) groups excluding carboxylic acids is 2. The molecule has 2 heterocycles. The number of primary amides is 1. The summed E-state index contributed by atoms with van der Waals surface area (Å²) in [5, 5.41) is 0. The lowest BCUT2D eigenvalue weighted by Crippen LogP contribution is -2.38. The van der Waals surface area contributed by atoms with Crippen LogP contribution in [0, 0.1) is 17.7 Å². The molecule has 0 aliphatic carbocycles. The molecule has 3 rings (SSSR count). The summed E-state index contributed by atoms with van der Waals surface area (Å²) >= 11 is 0. The number of hydrogen-bond acceptors (Lipinski definition) is 4. The van der Waals surface area contributed by atoms with E-state index in [9.17, 15) is 14.0 Å². The molecule has 1 amide bonds. The molecule has 2 aliphatic rings. The molecule has 1 aromatic rings. The van der Waals surface area contributed by atoms with Gasteiger partial charge in [0.2, 0.25) is 5.91 Å². The quantitative estimate of drug-likeness (QED) is 0.804. The number of rotatable bonds is 6. The minimum atomic E-state index is -0.347. The van der Waals surface area contributed by atoms with Crippen molar-refractivity contribution in [2.24, 2.45) is 17.6 Å². The van der Waals surface area contributed by atoms with Crippen LogP contribution in [-0.2, 0) is 31.9 Å². The molecule has 6 heteroatoms. The largest absolute Gasteiger partial charge is 0.469 e. The number of ether oxygens (including phenoxy) is 2. The van der Waals surface area contributed by atoms with Crippen LogP contribution in [0.5, 0.6) is 0 Å². The molecule has 0 aromatic heterocycles. The molecule has 0 spiro atoms. The second-order valence-electron chi connectivity index (χ2n) is 6.58. The predicted molar refractivity (Wildman–Crippen MR) is 84.5 cm³/mol. The van der Waals surface area contributed by atoms with Crippen LogP contribution in [0.1, 0.15) is 30.4 Å². The molecule has 2 saturated heterocycles. The summed E-state index contributed by atoms with van der Waals surface area (Å²) in [5.74, 6) is -1.32. The predicted octanol–water partition coefficient (Wildman–Crippen LogP) is 1.75. The number of aryl methyl sites for hydroxylation is 1. The van der Waals surface area contributed by atoms with Gasteiger partial charge in [0, 0.05) is 12.3 Å². The van der Waals surface area contributed by atoms with E-state index in [4.69, 9.17) is 10.5 Å². The van der Waals surface area contributed by atoms with Crippen LogP contribution in [0.25, 0.3) is 0 Å². The molecule has 5 nitrogen and oxygen atoms in total. The maximum Gasteiger partial charge on any atom is 0.305 e. The van der Waals surface area contributed by atoms with Crippen molar-refractivity contribution in [3.8, 4) is 0 Å². The van der Waals surface area contributed by atoms with Crippen molar-refractivity contribution in [3.05, 3.63) is 35.1 Å². The van der Waals surface area contributed by atoms with Crippen molar-refractivity contribution in [2.45, 2.75) is 44.3 Å². The first-order valence-corrected chi connectivity index (χ1v) is 8.28. The summed E-state index contributed by atoms with van der Waals surface area (Å²) in [6.45, 7) is 0. The van der Waals surface area contributed by atoms with Gasteiger partial charge in [-0.3, -0.25) is 9.59 Å². The molecular formula is C18H22FNO4. The lowest BCUT2D eigenvalue weighted by atomic mass is 9.75. The van der Waals surface area contributed by atoms with Crippen LogP contribution in [-0.4, -0.2) is 31.2 Å². The van der Waals surface area contributed by atoms with Crippen LogP contribution >= 0.6 is 0 Å². The smallest absolute Gasteiger partial charge is 0.305 e. The van der Waals surface area contributed by atoms with Gasteiger partial charge in [-0.1, -0.05) is 6.07 Å². The van der Waals surface area contributed by atoms with Gasteiger partial charge in [-0.2, -0.15) is 0 Å². The third-order valence-electron chi connectivity index (χ3n) is 5.20. The van der Waals surface area contributed by atoms with Gasteiger partial charge in [0.25, 0.3) is 0 Å². The van der Waals surface area contributed by atoms with Crippen LogP contribution in [0.3, 0.4) is 0 Å². The van der Waals surface area contributed by atoms with Gasteiger partial charge in [0.05, 0.1) is 25.2 Å². The van der Waals surface area contributed by atoms with E-state index < -0.39 is 0 Å². The maximum absolute atomic E-state index is 13.7. The monoisotopic (exact) mass is 335 g/mol. The first-order chi connectivity index (χ1) is 11.5. The van der Waals surface area contributed by atoms with Crippen molar-refractivity contribution in [3.63, 3.8) is 0 Å². The third-order valence-corrected chi connectivity index (χ3v) is 5.20. The zero-order valence-electron chi connectivity index (χ0n) is 13.7. The highest BCUT2D eigenvalue weighted by molar-refractivity contribution is 5.78. The van der Waals surface area contributed by atoms with Gasteiger partial charge in [0.1, 0.15) is 5.82 Å². The second-order valence-corrected chi connectivity index (χ2v) is 6.58. The fourth-order valence-corrected chi connectivity index (χ4v) is 4.05. The summed E-state index contributed by atoms with van der Waals surface area (Å²) in [6, 6.07) is 4.57. The number of amides is 1. The minimum Gasteiger partial charge on any atom is -0.469 e. The van der Waals surface area contributed by atoms with E-state index in [1.807, 2.05) is 0 Å². The van der Waals surface area contributed by atoms with E-state index in [2.05, 4.69) is 4.74 Å². The molecule has 2 aliphatic heterocycles. The highest BCUT2D eigenvalue weighted by Gasteiger charge is 2.51. The molecule has 4 unspecified atom stereocenters. The van der Waals surface area contributed by atoms with Gasteiger partial charge in [-0.05, 0) is 48.9 Å². The van der Waals surface area contributed by atoms with Gasteiger partial charge in [-0.15, -0.1) is 0 Å². The number of esters is 1. The second kappa shape index (κ2) is 6.89. The van der Waals surface area contributed by atoms with E-state index in [-0.39, 0.29) is 48.2 Å². The van der Waals surface area contributed by atoms with Crippen LogP contribution in [0.2, 0.25) is 0 Å². The molecule has 0 radical (unpaired) electrons. The Morgan fingerprint density at radius 2 is 2.04 bits per heavy atom. The van der Waals surface area contributed by atoms with Crippen molar-refractivity contribution in [1.82, 2.24) is 0 Å². The fourth-order valence-electron chi connectivity index (χ4n) is 4.05. The molecule has 24 heavy (non-hydrogen) atoms. The van der Waals surface area contributed by atoms with E-state index in [0.29, 0.717) is 12.8 Å². The molecule has 0 saturated carbocycles. The molecule has 2 bridgehead atoms. The number of nitrogens with two attached hydrogens (primary N) is 1. The lowest BCUT2D eigenvalue weighted by molar-refractivity contribution is -0.140.